The van der Waals surface area contributed by atoms with Crippen LogP contribution in [0.15, 0.2) is 46.7 Å². The Labute approximate surface area is 174 Å². The fourth-order valence-electron chi connectivity index (χ4n) is 2.28. The summed E-state index contributed by atoms with van der Waals surface area (Å²) in [5.41, 5.74) is 4.19. The molecule has 0 aliphatic carbocycles. The van der Waals surface area contributed by atoms with Crippen molar-refractivity contribution >= 4 is 39.2 Å². The van der Waals surface area contributed by atoms with E-state index >= 15 is 0 Å². The van der Waals surface area contributed by atoms with Crippen LogP contribution in [0.2, 0.25) is 5.02 Å². The second-order valence-corrected chi connectivity index (χ2v) is 7.63. The zero-order chi connectivity index (χ0) is 21.9. The molecule has 0 radical (unpaired) electrons. The number of hydrogen-bond acceptors (Lipinski definition) is 9. The quantitative estimate of drug-likeness (QED) is 0.502. The first-order valence-electron chi connectivity index (χ1n) is 8.03. The average molecular weight is 462 g/mol. The van der Waals surface area contributed by atoms with Gasteiger partial charge in [0.15, 0.2) is 10.8 Å². The molecule has 0 saturated heterocycles. The third-order valence-electron chi connectivity index (χ3n) is 3.64. The Hall–Kier alpha value is -3.23. The smallest absolute Gasteiger partial charge is 0.387 e. The van der Waals surface area contributed by atoms with Gasteiger partial charge in [0.25, 0.3) is 15.9 Å². The summed E-state index contributed by atoms with van der Waals surface area (Å²) in [6.07, 6.45) is 1.23. The van der Waals surface area contributed by atoms with Crippen molar-refractivity contribution in [2.24, 2.45) is 5.10 Å². The van der Waals surface area contributed by atoms with Crippen molar-refractivity contribution in [1.29, 1.82) is 0 Å². The molecule has 30 heavy (non-hydrogen) atoms. The van der Waals surface area contributed by atoms with Crippen LogP contribution in [0.3, 0.4) is 0 Å². The molecule has 0 saturated carbocycles. The number of amides is 1. The van der Waals surface area contributed by atoms with Gasteiger partial charge in [0.05, 0.1) is 10.6 Å². The first kappa shape index (κ1) is 21.5. The number of carbonyl (C=O) groups is 1. The van der Waals surface area contributed by atoms with Gasteiger partial charge in [-0.15, -0.1) is 10.6 Å². The SMILES string of the molecule is CN1NNN=C1NC(=O)c1ccc(OC(F)F)c(NS(=O)(=O)c2ccccn2)c1Cl. The van der Waals surface area contributed by atoms with Crippen LogP contribution in [0.25, 0.3) is 0 Å². The zero-order valence-corrected chi connectivity index (χ0v) is 16.6. The molecule has 0 atom stereocenters. The normalized spacial score (nSPS) is 13.6. The lowest BCUT2D eigenvalue weighted by atomic mass is 10.1. The van der Waals surface area contributed by atoms with Crippen molar-refractivity contribution in [3.8, 4) is 5.75 Å². The first-order chi connectivity index (χ1) is 14.2. The number of sulfonamides is 1. The third-order valence-corrected chi connectivity index (χ3v) is 5.29. The molecule has 15 heteroatoms. The molecule has 0 spiro atoms. The Morgan fingerprint density at radius 3 is 2.67 bits per heavy atom. The van der Waals surface area contributed by atoms with Crippen LogP contribution in [0.4, 0.5) is 14.5 Å². The van der Waals surface area contributed by atoms with Gasteiger partial charge >= 0.3 is 6.61 Å². The molecule has 1 aliphatic rings. The van der Waals surface area contributed by atoms with E-state index in [0.717, 1.165) is 12.1 Å². The minimum atomic E-state index is -4.32. The van der Waals surface area contributed by atoms with Gasteiger partial charge in [-0.3, -0.25) is 19.8 Å². The highest BCUT2D eigenvalue weighted by Crippen LogP contribution is 2.37. The lowest BCUT2D eigenvalue weighted by Gasteiger charge is -2.17. The molecule has 2 heterocycles. The van der Waals surface area contributed by atoms with Crippen LogP contribution in [-0.2, 0) is 10.0 Å². The molecule has 11 nitrogen and oxygen atoms in total. The minimum Gasteiger partial charge on any atom is -0.433 e. The third kappa shape index (κ3) is 4.67. The number of guanidine groups is 1. The fraction of sp³-hybridized carbons (Fsp3) is 0.133. The number of halogens is 3. The molecule has 160 valence electrons. The van der Waals surface area contributed by atoms with E-state index in [-0.39, 0.29) is 11.5 Å². The van der Waals surface area contributed by atoms with Crippen LogP contribution in [-0.4, -0.2) is 43.9 Å². The highest BCUT2D eigenvalue weighted by molar-refractivity contribution is 7.92. The number of hydrazone groups is 1. The fourth-order valence-corrected chi connectivity index (χ4v) is 3.66. The number of nitrogens with one attached hydrogen (secondary N) is 4. The maximum atomic E-state index is 12.8. The maximum absolute atomic E-state index is 12.8. The minimum absolute atomic E-state index is 0.0830. The predicted molar refractivity (Wildman–Crippen MR) is 102 cm³/mol. The Bertz CT molecular complexity index is 1090. The Kier molecular flexibility index (Phi) is 6.19. The highest BCUT2D eigenvalue weighted by Gasteiger charge is 2.26. The number of alkyl halides is 2. The molecule has 0 unspecified atom stereocenters. The molecule has 1 aromatic carbocycles. The molecule has 4 N–H and O–H groups in total. The van der Waals surface area contributed by atoms with E-state index in [4.69, 9.17) is 11.6 Å². The van der Waals surface area contributed by atoms with Gasteiger partial charge in [0, 0.05) is 13.2 Å². The maximum Gasteiger partial charge on any atom is 0.387 e. The van der Waals surface area contributed by atoms with Crippen molar-refractivity contribution < 1.29 is 26.7 Å². The monoisotopic (exact) mass is 461 g/mol. The van der Waals surface area contributed by atoms with Crippen LogP contribution in [0, 0.1) is 0 Å². The van der Waals surface area contributed by atoms with E-state index in [1.807, 2.05) is 4.72 Å². The number of pyridine rings is 1. The van der Waals surface area contributed by atoms with Gasteiger partial charge in [0.1, 0.15) is 5.69 Å². The summed E-state index contributed by atoms with van der Waals surface area (Å²) < 4.78 is 57.1. The summed E-state index contributed by atoms with van der Waals surface area (Å²) in [7, 11) is -2.77. The molecule has 2 aromatic rings. The average Bonchev–Trinajstić information content (AvgIpc) is 3.09. The van der Waals surface area contributed by atoms with Gasteiger partial charge in [-0.05, 0) is 24.3 Å². The number of hydrogen-bond donors (Lipinski definition) is 4. The molecule has 0 bridgehead atoms. The Balaban J connectivity index is 1.99. The van der Waals surface area contributed by atoms with E-state index in [1.54, 1.807) is 7.05 Å². The van der Waals surface area contributed by atoms with Gasteiger partial charge < -0.3 is 4.74 Å². The number of rotatable bonds is 6. The summed E-state index contributed by atoms with van der Waals surface area (Å²) in [4.78, 5) is 16.3. The largest absolute Gasteiger partial charge is 0.433 e. The van der Waals surface area contributed by atoms with E-state index in [0.29, 0.717) is 0 Å². The molecule has 1 aliphatic heterocycles. The van der Waals surface area contributed by atoms with E-state index in [9.17, 15) is 22.0 Å². The lowest BCUT2D eigenvalue weighted by Crippen LogP contribution is -2.45. The van der Waals surface area contributed by atoms with Crippen molar-refractivity contribution in [3.63, 3.8) is 0 Å². The molecular weight excluding hydrogens is 448 g/mol. The molecule has 1 amide bonds. The lowest BCUT2D eigenvalue weighted by molar-refractivity contribution is -0.0493. The summed E-state index contributed by atoms with van der Waals surface area (Å²) in [5.74, 6) is -1.28. The van der Waals surface area contributed by atoms with Gasteiger partial charge in [-0.1, -0.05) is 17.7 Å². The number of hydrazine groups is 2. The van der Waals surface area contributed by atoms with E-state index < -0.39 is 44.0 Å². The van der Waals surface area contributed by atoms with E-state index in [1.165, 1.54) is 29.4 Å². The number of benzene rings is 1. The standard InChI is InChI=1S/C15H14ClF2N7O4S/c1-25-15(21-23-24-25)20-13(26)8-5-6-9(29-14(17)18)12(11(8)16)22-30(27,28)10-4-2-3-7-19-10/h2-7,14,22-24H,1H3,(H,20,21,26). The number of ether oxygens (including phenoxy) is 1. The number of aromatic nitrogens is 1. The predicted octanol–water partition coefficient (Wildman–Crippen LogP) is 1.09. The molecular formula is C15H14ClF2N7O4S. The van der Waals surface area contributed by atoms with Crippen molar-refractivity contribution in [2.75, 3.05) is 11.8 Å². The molecule has 1 aromatic heterocycles. The number of nitrogens with zero attached hydrogens (tertiary/aromatic N) is 3. The zero-order valence-electron chi connectivity index (χ0n) is 15.1. The second kappa shape index (κ2) is 8.64. The van der Waals surface area contributed by atoms with E-state index in [2.05, 4.69) is 31.2 Å². The van der Waals surface area contributed by atoms with Crippen LogP contribution in [0.1, 0.15) is 10.4 Å². The highest BCUT2D eigenvalue weighted by atomic mass is 35.5. The summed E-state index contributed by atoms with van der Waals surface area (Å²) >= 11 is 6.19. The number of anilines is 1. The Morgan fingerprint density at radius 2 is 2.07 bits per heavy atom. The van der Waals surface area contributed by atoms with Crippen LogP contribution >= 0.6 is 11.6 Å². The van der Waals surface area contributed by atoms with Crippen molar-refractivity contribution in [1.82, 2.24) is 26.4 Å². The van der Waals surface area contributed by atoms with Crippen molar-refractivity contribution in [3.05, 3.63) is 47.1 Å². The van der Waals surface area contributed by atoms with Crippen LogP contribution in [0.5, 0.6) is 5.75 Å². The van der Waals surface area contributed by atoms with Gasteiger partial charge in [0.2, 0.25) is 5.96 Å². The van der Waals surface area contributed by atoms with Gasteiger partial charge in [-0.25, -0.2) is 10.5 Å². The topological polar surface area (TPSA) is 137 Å². The van der Waals surface area contributed by atoms with Crippen molar-refractivity contribution in [2.45, 2.75) is 11.6 Å². The first-order valence-corrected chi connectivity index (χ1v) is 9.89. The Morgan fingerprint density at radius 1 is 1.30 bits per heavy atom. The van der Waals surface area contributed by atoms with Crippen LogP contribution < -0.4 is 25.8 Å². The molecule has 3 rings (SSSR count). The number of carbonyl (C=O) groups excluding carboxylic acids is 1. The summed E-state index contributed by atoms with van der Waals surface area (Å²) in [5, 5.41) is 6.65. The second-order valence-electron chi connectivity index (χ2n) is 5.62. The summed E-state index contributed by atoms with van der Waals surface area (Å²) in [6.45, 7) is -3.27. The summed E-state index contributed by atoms with van der Waals surface area (Å²) in [6, 6.07) is 6.19. The molecule has 0 fully saturated rings. The van der Waals surface area contributed by atoms with Gasteiger partial charge in [-0.2, -0.15) is 17.2 Å².